The van der Waals surface area contributed by atoms with E-state index in [2.05, 4.69) is 6.58 Å². The second-order valence-electron chi connectivity index (χ2n) is 10.7. The van der Waals surface area contributed by atoms with Crippen LogP contribution < -0.4 is 4.90 Å². The first-order valence-electron chi connectivity index (χ1n) is 13.3. The summed E-state index contributed by atoms with van der Waals surface area (Å²) < 4.78 is 6.65. The van der Waals surface area contributed by atoms with Gasteiger partial charge in [-0.25, -0.2) is 0 Å². The van der Waals surface area contributed by atoms with Crippen molar-refractivity contribution in [3.63, 3.8) is 0 Å². The quantitative estimate of drug-likeness (QED) is 0.453. The maximum Gasteiger partial charge on any atom is 0.310 e. The highest BCUT2D eigenvalue weighted by Crippen LogP contribution is 2.65. The number of aliphatic hydroxyl groups excluding tert-OH is 1. The van der Waals surface area contributed by atoms with Crippen LogP contribution in [0.3, 0.4) is 0 Å². The van der Waals surface area contributed by atoms with Gasteiger partial charge in [0.05, 0.1) is 34.9 Å². The fourth-order valence-corrected chi connectivity index (χ4v) is 7.53. The van der Waals surface area contributed by atoms with E-state index in [1.54, 1.807) is 42.5 Å². The van der Waals surface area contributed by atoms with Gasteiger partial charge in [-0.15, -0.1) is 6.58 Å². The van der Waals surface area contributed by atoms with E-state index in [-0.39, 0.29) is 6.54 Å². The van der Waals surface area contributed by atoms with Gasteiger partial charge >= 0.3 is 5.97 Å². The molecule has 5 rings (SSSR count). The van der Waals surface area contributed by atoms with Crippen LogP contribution in [0.2, 0.25) is 5.02 Å². The number of rotatable bonds is 9. The monoisotopic (exact) mass is 552 g/mol. The number of benzene rings is 2. The molecule has 2 bridgehead atoms. The molecule has 39 heavy (non-hydrogen) atoms. The number of aliphatic carboxylic acids is 1. The number of nitrogens with zero attached hydrogens (tertiary/aromatic N) is 2. The Morgan fingerprint density at radius 1 is 1.23 bits per heavy atom. The number of hydrogen-bond donors (Lipinski definition) is 2. The lowest BCUT2D eigenvalue weighted by atomic mass is 9.65. The molecule has 6 atom stereocenters. The minimum atomic E-state index is -1.36. The van der Waals surface area contributed by atoms with E-state index < -0.39 is 59.5 Å². The molecular weight excluding hydrogens is 520 g/mol. The lowest BCUT2D eigenvalue weighted by Gasteiger charge is -2.40. The summed E-state index contributed by atoms with van der Waals surface area (Å²) in [5.41, 5.74) is -0.511. The standard InChI is InChI=1S/C30H33ClN2O6/c1-4-16-32(24-18(3)10-9-13-20(24)31)27(36)25-30-15-14-29(5-2,39-30)23(28(37)38)22(30)26(35)33(25)21(17-34)19-11-7-6-8-12-19/h4,6-13,21-23,25,34H,1,5,14-17H2,2-3H3,(H,37,38)/t21-,22+,23+,25?,29-,30?/m1/s1. The molecule has 8 nitrogen and oxygen atoms in total. The Labute approximate surface area is 232 Å². The number of carbonyl (C=O) groups excluding carboxylic acids is 2. The van der Waals surface area contributed by atoms with Crippen LogP contribution in [0, 0.1) is 18.8 Å². The van der Waals surface area contributed by atoms with Crippen molar-refractivity contribution in [3.05, 3.63) is 77.3 Å². The SMILES string of the molecule is C=CCN(C(=O)C1N([C@H](CO)c2ccccc2)C(=O)[C@@H]2[C@@H](C(=O)O)[C@@]3(CC)CCC12O3)c1c(C)cccc1Cl. The van der Waals surface area contributed by atoms with Crippen molar-refractivity contribution in [2.24, 2.45) is 11.8 Å². The van der Waals surface area contributed by atoms with Crippen molar-refractivity contribution >= 4 is 35.1 Å². The van der Waals surface area contributed by atoms with E-state index in [0.29, 0.717) is 35.5 Å². The van der Waals surface area contributed by atoms with Gasteiger partial charge in [0.25, 0.3) is 5.91 Å². The number of aryl methyl sites for hydroxylation is 1. The Hall–Kier alpha value is -3.20. The number of amides is 2. The lowest BCUT2D eigenvalue weighted by Crippen LogP contribution is -2.57. The number of ether oxygens (including phenoxy) is 1. The number of halogens is 1. The Morgan fingerprint density at radius 3 is 2.54 bits per heavy atom. The Kier molecular flexibility index (Phi) is 7.07. The van der Waals surface area contributed by atoms with Crippen LogP contribution in [0.1, 0.15) is 43.4 Å². The molecule has 3 aliphatic rings. The maximum atomic E-state index is 14.8. The minimum absolute atomic E-state index is 0.110. The zero-order valence-corrected chi connectivity index (χ0v) is 22.8. The molecule has 3 saturated heterocycles. The highest BCUT2D eigenvalue weighted by Gasteiger charge is 2.79. The third-order valence-corrected chi connectivity index (χ3v) is 9.15. The van der Waals surface area contributed by atoms with Crippen LogP contribution in [0.25, 0.3) is 0 Å². The molecule has 2 amide bonds. The van der Waals surface area contributed by atoms with Gasteiger partial charge in [-0.3, -0.25) is 14.4 Å². The largest absolute Gasteiger partial charge is 0.481 e. The van der Waals surface area contributed by atoms with Crippen molar-refractivity contribution < 1.29 is 29.3 Å². The number of aliphatic hydroxyl groups is 1. The number of carbonyl (C=O) groups is 3. The molecule has 3 heterocycles. The zero-order valence-electron chi connectivity index (χ0n) is 22.0. The Balaban J connectivity index is 1.71. The van der Waals surface area contributed by atoms with Gasteiger partial charge in [-0.2, -0.15) is 0 Å². The van der Waals surface area contributed by atoms with Crippen LogP contribution >= 0.6 is 11.6 Å². The molecule has 206 valence electrons. The van der Waals surface area contributed by atoms with Gasteiger partial charge in [0.1, 0.15) is 17.6 Å². The number of anilines is 1. The molecule has 3 aliphatic heterocycles. The fourth-order valence-electron chi connectivity index (χ4n) is 7.21. The number of hydrogen-bond acceptors (Lipinski definition) is 5. The Morgan fingerprint density at radius 2 is 1.95 bits per heavy atom. The highest BCUT2D eigenvalue weighted by molar-refractivity contribution is 6.34. The average Bonchev–Trinajstić information content (AvgIpc) is 3.53. The second kappa shape index (κ2) is 10.1. The molecule has 2 N–H and O–H groups in total. The van der Waals surface area contributed by atoms with Crippen molar-refractivity contribution in [2.45, 2.75) is 56.4 Å². The topological polar surface area (TPSA) is 107 Å². The molecule has 0 aromatic heterocycles. The molecule has 0 aliphatic carbocycles. The predicted molar refractivity (Wildman–Crippen MR) is 146 cm³/mol. The van der Waals surface area contributed by atoms with E-state index >= 15 is 0 Å². The summed E-state index contributed by atoms with van der Waals surface area (Å²) in [4.78, 5) is 44.6. The van der Waals surface area contributed by atoms with Crippen LogP contribution in [0.4, 0.5) is 5.69 Å². The lowest BCUT2D eigenvalue weighted by molar-refractivity contribution is -0.157. The van der Waals surface area contributed by atoms with E-state index in [9.17, 15) is 24.6 Å². The fraction of sp³-hybridized carbons (Fsp3) is 0.433. The average molecular weight is 553 g/mol. The first-order valence-corrected chi connectivity index (χ1v) is 13.6. The van der Waals surface area contributed by atoms with Crippen molar-refractivity contribution in [1.82, 2.24) is 4.90 Å². The van der Waals surface area contributed by atoms with Gasteiger partial charge in [0, 0.05) is 6.54 Å². The Bertz CT molecular complexity index is 1300. The number of fused-ring (bicyclic) bond motifs is 1. The third kappa shape index (κ3) is 3.91. The summed E-state index contributed by atoms with van der Waals surface area (Å²) in [6.07, 6.45) is 2.75. The minimum Gasteiger partial charge on any atom is -0.481 e. The summed E-state index contributed by atoms with van der Waals surface area (Å²) in [5, 5.41) is 21.3. The number of para-hydroxylation sites is 1. The summed E-state index contributed by atoms with van der Waals surface area (Å²) >= 11 is 6.60. The molecule has 2 aromatic rings. The maximum absolute atomic E-state index is 14.8. The number of carboxylic acid groups (broad SMARTS) is 1. The molecule has 2 aromatic carbocycles. The third-order valence-electron chi connectivity index (χ3n) is 8.85. The predicted octanol–water partition coefficient (Wildman–Crippen LogP) is 4.14. The summed E-state index contributed by atoms with van der Waals surface area (Å²) in [6.45, 7) is 7.18. The molecule has 1 spiro atoms. The van der Waals surface area contributed by atoms with Gasteiger partial charge < -0.3 is 24.7 Å². The van der Waals surface area contributed by atoms with Crippen LogP contribution in [0.5, 0.6) is 0 Å². The van der Waals surface area contributed by atoms with Crippen LogP contribution in [-0.2, 0) is 19.1 Å². The van der Waals surface area contributed by atoms with E-state index in [1.165, 1.54) is 9.80 Å². The van der Waals surface area contributed by atoms with E-state index in [1.807, 2.05) is 26.0 Å². The van der Waals surface area contributed by atoms with E-state index in [0.717, 1.165) is 5.56 Å². The zero-order chi connectivity index (χ0) is 28.1. The van der Waals surface area contributed by atoms with E-state index in [4.69, 9.17) is 16.3 Å². The highest BCUT2D eigenvalue weighted by atomic mass is 35.5. The summed E-state index contributed by atoms with van der Waals surface area (Å²) in [7, 11) is 0. The van der Waals surface area contributed by atoms with Crippen LogP contribution in [0.15, 0.2) is 61.2 Å². The summed E-state index contributed by atoms with van der Waals surface area (Å²) in [5.74, 6) is -4.22. The first-order chi connectivity index (χ1) is 18.7. The van der Waals surface area contributed by atoms with Gasteiger partial charge in [0.2, 0.25) is 5.91 Å². The number of carboxylic acids is 1. The number of likely N-dealkylation sites (tertiary alicyclic amines) is 1. The van der Waals surface area contributed by atoms with Crippen molar-refractivity contribution in [3.8, 4) is 0 Å². The first kappa shape index (κ1) is 27.4. The van der Waals surface area contributed by atoms with Crippen LogP contribution in [-0.4, -0.2) is 63.3 Å². The van der Waals surface area contributed by atoms with Gasteiger partial charge in [-0.1, -0.05) is 67.1 Å². The molecule has 3 fully saturated rings. The summed E-state index contributed by atoms with van der Waals surface area (Å²) in [6, 6.07) is 12.2. The van der Waals surface area contributed by atoms with Crippen molar-refractivity contribution in [1.29, 1.82) is 0 Å². The van der Waals surface area contributed by atoms with Gasteiger partial charge in [-0.05, 0) is 43.4 Å². The molecule has 0 saturated carbocycles. The second-order valence-corrected chi connectivity index (χ2v) is 11.1. The van der Waals surface area contributed by atoms with Crippen molar-refractivity contribution in [2.75, 3.05) is 18.1 Å². The van der Waals surface area contributed by atoms with Gasteiger partial charge in [0.15, 0.2) is 0 Å². The molecule has 9 heteroatoms. The molecular formula is C30H33ClN2O6. The normalized spacial score (nSPS) is 29.8. The smallest absolute Gasteiger partial charge is 0.310 e. The molecule has 0 radical (unpaired) electrons. The molecule has 2 unspecified atom stereocenters.